The summed E-state index contributed by atoms with van der Waals surface area (Å²) in [5.74, 6) is -0.118. The molecule has 19 heavy (non-hydrogen) atoms. The third-order valence-electron chi connectivity index (χ3n) is 2.90. The lowest BCUT2D eigenvalue weighted by Gasteiger charge is -2.11. The lowest BCUT2D eigenvalue weighted by molar-refractivity contribution is 0.114. The van der Waals surface area contributed by atoms with Gasteiger partial charge in [-0.3, -0.25) is 10.00 Å². The number of nitrogens with two attached hydrogens (primary N) is 1. The first-order valence-electron chi connectivity index (χ1n) is 5.90. The van der Waals surface area contributed by atoms with Crippen LogP contribution >= 0.6 is 0 Å². The molecule has 1 amide bonds. The number of carbonyl (C=O) groups excluding carboxylic acids is 1. The summed E-state index contributed by atoms with van der Waals surface area (Å²) in [6, 6.07) is 0. The van der Waals surface area contributed by atoms with Crippen LogP contribution in [0.4, 0.5) is 10.6 Å². The van der Waals surface area contributed by atoms with Gasteiger partial charge in [0, 0.05) is 13.2 Å². The SMILES string of the molecule is Cn1cc(S(N)(=O)=O)c(NC(=O)OC2CCCC2)n1. The quantitative estimate of drug-likeness (QED) is 0.842. The number of amides is 1. The number of aryl methyl sites for hydroxylation is 1. The Bertz CT molecular complexity index is 574. The molecule has 1 heterocycles. The minimum atomic E-state index is -3.94. The largest absolute Gasteiger partial charge is 0.446 e. The van der Waals surface area contributed by atoms with Gasteiger partial charge in [-0.1, -0.05) is 0 Å². The van der Waals surface area contributed by atoms with Crippen LogP contribution in [0.3, 0.4) is 0 Å². The summed E-state index contributed by atoms with van der Waals surface area (Å²) < 4.78 is 29.1. The molecule has 1 aromatic rings. The Morgan fingerprint density at radius 3 is 2.74 bits per heavy atom. The Hall–Kier alpha value is -1.61. The van der Waals surface area contributed by atoms with E-state index in [0.29, 0.717) is 0 Å². The standard InChI is InChI=1S/C10H16N4O4S/c1-14-6-8(19(11,16)17)9(13-14)12-10(15)18-7-4-2-3-5-7/h6-7H,2-5H2,1H3,(H2,11,16,17)(H,12,13,15). The second-order valence-corrected chi connectivity index (χ2v) is 6.03. The molecule has 0 atom stereocenters. The van der Waals surface area contributed by atoms with Crippen molar-refractivity contribution >= 4 is 21.9 Å². The van der Waals surface area contributed by atoms with Crippen LogP contribution in [0.5, 0.6) is 0 Å². The second-order valence-electron chi connectivity index (χ2n) is 4.50. The van der Waals surface area contributed by atoms with Gasteiger partial charge < -0.3 is 4.74 Å². The smallest absolute Gasteiger partial charge is 0.413 e. The molecule has 106 valence electrons. The van der Waals surface area contributed by atoms with Gasteiger partial charge >= 0.3 is 6.09 Å². The Morgan fingerprint density at radius 2 is 2.16 bits per heavy atom. The molecule has 9 heteroatoms. The highest BCUT2D eigenvalue weighted by Gasteiger charge is 2.23. The van der Waals surface area contributed by atoms with Crippen molar-refractivity contribution in [2.75, 3.05) is 5.32 Å². The maximum atomic E-state index is 11.6. The van der Waals surface area contributed by atoms with E-state index in [1.165, 1.54) is 17.9 Å². The summed E-state index contributed by atoms with van der Waals surface area (Å²) in [7, 11) is -2.41. The number of primary sulfonamides is 1. The van der Waals surface area contributed by atoms with E-state index in [9.17, 15) is 13.2 Å². The number of aromatic nitrogens is 2. The maximum absolute atomic E-state index is 11.6. The minimum Gasteiger partial charge on any atom is -0.446 e. The summed E-state index contributed by atoms with van der Waals surface area (Å²) >= 11 is 0. The normalized spacial score (nSPS) is 16.5. The molecule has 2 rings (SSSR count). The van der Waals surface area contributed by atoms with Gasteiger partial charge in [-0.25, -0.2) is 18.4 Å². The van der Waals surface area contributed by atoms with Crippen LogP contribution in [0.2, 0.25) is 0 Å². The van der Waals surface area contributed by atoms with Crippen molar-refractivity contribution in [3.8, 4) is 0 Å². The summed E-state index contributed by atoms with van der Waals surface area (Å²) in [4.78, 5) is 11.4. The number of sulfonamides is 1. The number of nitrogens with one attached hydrogen (secondary N) is 1. The summed E-state index contributed by atoms with van der Waals surface area (Å²) in [5, 5.41) is 11.2. The average molecular weight is 288 g/mol. The summed E-state index contributed by atoms with van der Waals surface area (Å²) in [5.41, 5.74) is 0. The lowest BCUT2D eigenvalue weighted by atomic mass is 10.3. The number of rotatable bonds is 3. The zero-order valence-corrected chi connectivity index (χ0v) is 11.3. The molecule has 0 aromatic carbocycles. The fourth-order valence-corrected chi connectivity index (χ4v) is 2.71. The highest BCUT2D eigenvalue weighted by molar-refractivity contribution is 7.89. The molecule has 1 aliphatic carbocycles. The number of hydrogen-bond acceptors (Lipinski definition) is 5. The van der Waals surface area contributed by atoms with Crippen LogP contribution in [0, 0.1) is 0 Å². The Balaban J connectivity index is 2.08. The predicted molar refractivity (Wildman–Crippen MR) is 66.9 cm³/mol. The highest BCUT2D eigenvalue weighted by atomic mass is 32.2. The van der Waals surface area contributed by atoms with Crippen molar-refractivity contribution < 1.29 is 17.9 Å². The number of ether oxygens (including phenoxy) is 1. The molecule has 0 aliphatic heterocycles. The second kappa shape index (κ2) is 5.17. The van der Waals surface area contributed by atoms with E-state index in [0.717, 1.165) is 25.7 Å². The molecule has 0 spiro atoms. The zero-order valence-electron chi connectivity index (χ0n) is 10.5. The van der Waals surface area contributed by atoms with Crippen LogP contribution in [0.15, 0.2) is 11.1 Å². The predicted octanol–water partition coefficient (Wildman–Crippen LogP) is 0.559. The van der Waals surface area contributed by atoms with Gasteiger partial charge in [-0.2, -0.15) is 5.10 Å². The molecule has 8 nitrogen and oxygen atoms in total. The number of nitrogens with zero attached hydrogens (tertiary/aromatic N) is 2. The Kier molecular flexibility index (Phi) is 3.76. The van der Waals surface area contributed by atoms with E-state index >= 15 is 0 Å². The fourth-order valence-electron chi connectivity index (χ4n) is 2.05. The maximum Gasteiger partial charge on any atom is 0.413 e. The van der Waals surface area contributed by atoms with E-state index in [1.54, 1.807) is 0 Å². The average Bonchev–Trinajstić information content (AvgIpc) is 2.87. The summed E-state index contributed by atoms with van der Waals surface area (Å²) in [6.07, 6.45) is 4.13. The zero-order chi connectivity index (χ0) is 14.0. The molecule has 1 fully saturated rings. The van der Waals surface area contributed by atoms with Gasteiger partial charge in [0.05, 0.1) is 0 Å². The monoisotopic (exact) mass is 288 g/mol. The van der Waals surface area contributed by atoms with E-state index in [-0.39, 0.29) is 16.8 Å². The third kappa shape index (κ3) is 3.44. The van der Waals surface area contributed by atoms with Gasteiger partial charge in [0.2, 0.25) is 10.0 Å². The van der Waals surface area contributed by atoms with Gasteiger partial charge in [0.1, 0.15) is 11.0 Å². The van der Waals surface area contributed by atoms with Crippen molar-refractivity contribution in [3.05, 3.63) is 6.20 Å². The van der Waals surface area contributed by atoms with E-state index in [1.807, 2.05) is 0 Å². The van der Waals surface area contributed by atoms with Gasteiger partial charge in [-0.05, 0) is 25.7 Å². The first-order chi connectivity index (χ1) is 8.86. The Labute approximate surface area is 111 Å². The Morgan fingerprint density at radius 1 is 1.53 bits per heavy atom. The van der Waals surface area contributed by atoms with Gasteiger partial charge in [-0.15, -0.1) is 0 Å². The topological polar surface area (TPSA) is 116 Å². The fraction of sp³-hybridized carbons (Fsp3) is 0.600. The van der Waals surface area contributed by atoms with Crippen LogP contribution in [-0.4, -0.2) is 30.4 Å². The van der Waals surface area contributed by atoms with Crippen molar-refractivity contribution in [2.24, 2.45) is 12.2 Å². The van der Waals surface area contributed by atoms with Crippen LogP contribution in [-0.2, 0) is 21.8 Å². The molecular formula is C10H16N4O4S. The van der Waals surface area contributed by atoms with Crippen LogP contribution < -0.4 is 10.5 Å². The summed E-state index contributed by atoms with van der Waals surface area (Å²) in [6.45, 7) is 0. The minimum absolute atomic E-state index is 0.110. The van der Waals surface area contributed by atoms with E-state index in [4.69, 9.17) is 9.88 Å². The number of carbonyl (C=O) groups is 1. The highest BCUT2D eigenvalue weighted by Crippen LogP contribution is 2.22. The molecule has 0 bridgehead atoms. The lowest BCUT2D eigenvalue weighted by Crippen LogP contribution is -2.22. The van der Waals surface area contributed by atoms with Gasteiger partial charge in [0.25, 0.3) is 0 Å². The van der Waals surface area contributed by atoms with Crippen molar-refractivity contribution in [1.82, 2.24) is 9.78 Å². The van der Waals surface area contributed by atoms with Crippen LogP contribution in [0.25, 0.3) is 0 Å². The van der Waals surface area contributed by atoms with Gasteiger partial charge in [0.15, 0.2) is 5.82 Å². The first-order valence-corrected chi connectivity index (χ1v) is 7.45. The number of anilines is 1. The molecule has 3 N–H and O–H groups in total. The molecule has 1 saturated carbocycles. The number of hydrogen-bond donors (Lipinski definition) is 2. The molecular weight excluding hydrogens is 272 g/mol. The molecule has 1 aromatic heterocycles. The third-order valence-corrected chi connectivity index (χ3v) is 3.81. The first kappa shape index (κ1) is 13.8. The molecule has 0 saturated heterocycles. The van der Waals surface area contributed by atoms with Crippen LogP contribution in [0.1, 0.15) is 25.7 Å². The molecule has 1 aliphatic rings. The van der Waals surface area contributed by atoms with Crippen molar-refractivity contribution in [3.63, 3.8) is 0 Å². The van der Waals surface area contributed by atoms with Crippen molar-refractivity contribution in [1.29, 1.82) is 0 Å². The molecule has 0 radical (unpaired) electrons. The van der Waals surface area contributed by atoms with Crippen molar-refractivity contribution in [2.45, 2.75) is 36.7 Å². The van der Waals surface area contributed by atoms with E-state index < -0.39 is 16.1 Å². The molecule has 0 unspecified atom stereocenters. The van der Waals surface area contributed by atoms with E-state index in [2.05, 4.69) is 10.4 Å².